The van der Waals surface area contributed by atoms with E-state index in [-0.39, 0.29) is 6.10 Å². The Labute approximate surface area is 103 Å². The maximum atomic E-state index is 5.58. The zero-order valence-electron chi connectivity index (χ0n) is 10.6. The smallest absolute Gasteiger partial charge is 0.124 e. The summed E-state index contributed by atoms with van der Waals surface area (Å²) in [5, 5.41) is 3.34. The Balaban J connectivity index is 2.48. The molecule has 0 fully saturated rings. The van der Waals surface area contributed by atoms with E-state index in [0.717, 1.165) is 24.4 Å². The molecule has 3 nitrogen and oxygen atoms in total. The number of hydrogen-bond donors (Lipinski definition) is 1. The van der Waals surface area contributed by atoms with Gasteiger partial charge in [-0.25, -0.2) is 0 Å². The molecule has 0 radical (unpaired) electrons. The lowest BCUT2D eigenvalue weighted by Gasteiger charge is -2.13. The van der Waals surface area contributed by atoms with Crippen LogP contribution in [0.1, 0.15) is 12.5 Å². The lowest BCUT2D eigenvalue weighted by molar-refractivity contribution is 0.117. The zero-order valence-corrected chi connectivity index (χ0v) is 10.6. The van der Waals surface area contributed by atoms with Crippen molar-refractivity contribution in [3.63, 3.8) is 0 Å². The third kappa shape index (κ3) is 5.02. The molecule has 0 saturated heterocycles. The molecule has 1 unspecified atom stereocenters. The summed E-state index contributed by atoms with van der Waals surface area (Å²) >= 11 is 0. The molecule has 0 aliphatic heterocycles. The second-order valence-electron chi connectivity index (χ2n) is 3.88. The van der Waals surface area contributed by atoms with Crippen molar-refractivity contribution in [3.8, 4) is 5.75 Å². The van der Waals surface area contributed by atoms with Gasteiger partial charge in [-0.1, -0.05) is 30.9 Å². The molecule has 1 aromatic carbocycles. The first-order valence-corrected chi connectivity index (χ1v) is 5.83. The number of hydrogen-bond acceptors (Lipinski definition) is 3. The molecule has 0 spiro atoms. The highest BCUT2D eigenvalue weighted by molar-refractivity contribution is 5.33. The van der Waals surface area contributed by atoms with Gasteiger partial charge < -0.3 is 14.8 Å². The number of benzene rings is 1. The minimum atomic E-state index is 0.219. The van der Waals surface area contributed by atoms with E-state index >= 15 is 0 Å². The lowest BCUT2D eigenvalue weighted by atomic mass is 10.2. The van der Waals surface area contributed by atoms with Gasteiger partial charge in [-0.05, 0) is 13.0 Å². The molecule has 0 aliphatic rings. The van der Waals surface area contributed by atoms with E-state index in [2.05, 4.69) is 18.0 Å². The molecule has 0 saturated carbocycles. The molecule has 94 valence electrons. The van der Waals surface area contributed by atoms with E-state index < -0.39 is 0 Å². The van der Waals surface area contributed by atoms with Crippen molar-refractivity contribution in [2.75, 3.05) is 20.3 Å². The number of rotatable bonds is 8. The van der Waals surface area contributed by atoms with Crippen molar-refractivity contribution >= 4 is 0 Å². The normalized spacial score (nSPS) is 12.1. The fourth-order valence-electron chi connectivity index (χ4n) is 1.43. The molecule has 17 heavy (non-hydrogen) atoms. The van der Waals surface area contributed by atoms with Crippen LogP contribution in [-0.4, -0.2) is 26.4 Å². The molecular weight excluding hydrogens is 214 g/mol. The van der Waals surface area contributed by atoms with E-state index in [0.29, 0.717) is 6.61 Å². The summed E-state index contributed by atoms with van der Waals surface area (Å²) in [4.78, 5) is 0. The first kappa shape index (κ1) is 13.7. The third-order valence-electron chi connectivity index (χ3n) is 2.48. The van der Waals surface area contributed by atoms with Crippen LogP contribution in [0.25, 0.3) is 0 Å². The second-order valence-corrected chi connectivity index (χ2v) is 3.88. The lowest BCUT2D eigenvalue weighted by Crippen LogP contribution is -2.25. The van der Waals surface area contributed by atoms with Crippen LogP contribution in [0.3, 0.4) is 0 Å². The van der Waals surface area contributed by atoms with Crippen LogP contribution in [0.4, 0.5) is 0 Å². The van der Waals surface area contributed by atoms with Gasteiger partial charge in [-0.2, -0.15) is 0 Å². The Hall–Kier alpha value is -1.32. The fraction of sp³-hybridized carbons (Fsp3) is 0.429. The molecule has 0 heterocycles. The SMILES string of the molecule is C=CCOc1ccccc1CNCC(C)OC. The van der Waals surface area contributed by atoms with Gasteiger partial charge in [0, 0.05) is 25.8 Å². The predicted octanol–water partition coefficient (Wildman–Crippen LogP) is 2.38. The molecular formula is C14H21NO2. The van der Waals surface area contributed by atoms with E-state index in [1.165, 1.54) is 0 Å². The minimum absolute atomic E-state index is 0.219. The van der Waals surface area contributed by atoms with Crippen LogP contribution in [0, 0.1) is 0 Å². The fourth-order valence-corrected chi connectivity index (χ4v) is 1.43. The van der Waals surface area contributed by atoms with Gasteiger partial charge in [0.15, 0.2) is 0 Å². The summed E-state index contributed by atoms with van der Waals surface area (Å²) in [5.41, 5.74) is 1.15. The predicted molar refractivity (Wildman–Crippen MR) is 70.3 cm³/mol. The van der Waals surface area contributed by atoms with Gasteiger partial charge in [-0.3, -0.25) is 0 Å². The largest absolute Gasteiger partial charge is 0.489 e. The Morgan fingerprint density at radius 3 is 2.88 bits per heavy atom. The van der Waals surface area contributed by atoms with Crippen molar-refractivity contribution in [2.45, 2.75) is 19.6 Å². The van der Waals surface area contributed by atoms with E-state index in [1.807, 2.05) is 25.1 Å². The van der Waals surface area contributed by atoms with E-state index in [1.54, 1.807) is 13.2 Å². The monoisotopic (exact) mass is 235 g/mol. The van der Waals surface area contributed by atoms with Crippen LogP contribution in [-0.2, 0) is 11.3 Å². The number of nitrogens with one attached hydrogen (secondary N) is 1. The molecule has 1 aromatic rings. The Kier molecular flexibility index (Phi) is 6.37. The summed E-state index contributed by atoms with van der Waals surface area (Å²) in [6, 6.07) is 8.01. The van der Waals surface area contributed by atoms with Gasteiger partial charge in [-0.15, -0.1) is 0 Å². The highest BCUT2D eigenvalue weighted by Crippen LogP contribution is 2.17. The Morgan fingerprint density at radius 1 is 1.41 bits per heavy atom. The number of para-hydroxylation sites is 1. The molecule has 0 bridgehead atoms. The second kappa shape index (κ2) is 7.87. The average molecular weight is 235 g/mol. The quantitative estimate of drug-likeness (QED) is 0.702. The first-order chi connectivity index (χ1) is 8.27. The summed E-state index contributed by atoms with van der Waals surface area (Å²) in [6.07, 6.45) is 1.97. The number of ether oxygens (including phenoxy) is 2. The van der Waals surface area contributed by atoms with Crippen molar-refractivity contribution in [3.05, 3.63) is 42.5 Å². The minimum Gasteiger partial charge on any atom is -0.489 e. The summed E-state index contributed by atoms with van der Waals surface area (Å²) < 4.78 is 10.8. The molecule has 1 rings (SSSR count). The average Bonchev–Trinajstić information content (AvgIpc) is 2.37. The number of methoxy groups -OCH3 is 1. The van der Waals surface area contributed by atoms with Gasteiger partial charge >= 0.3 is 0 Å². The standard InChI is InChI=1S/C14H21NO2/c1-4-9-17-14-8-6-5-7-13(14)11-15-10-12(2)16-3/h4-8,12,15H,1,9-11H2,2-3H3. The third-order valence-corrected chi connectivity index (χ3v) is 2.48. The molecule has 0 aromatic heterocycles. The maximum absolute atomic E-state index is 5.58. The van der Waals surface area contributed by atoms with Crippen molar-refractivity contribution in [2.24, 2.45) is 0 Å². The van der Waals surface area contributed by atoms with Crippen molar-refractivity contribution in [1.29, 1.82) is 0 Å². The summed E-state index contributed by atoms with van der Waals surface area (Å²) in [6.45, 7) is 7.82. The van der Waals surface area contributed by atoms with Crippen molar-refractivity contribution in [1.82, 2.24) is 5.32 Å². The molecule has 1 N–H and O–H groups in total. The highest BCUT2D eigenvalue weighted by atomic mass is 16.5. The topological polar surface area (TPSA) is 30.5 Å². The zero-order chi connectivity index (χ0) is 12.5. The van der Waals surface area contributed by atoms with Crippen LogP contribution in [0.15, 0.2) is 36.9 Å². The van der Waals surface area contributed by atoms with E-state index in [4.69, 9.17) is 9.47 Å². The van der Waals surface area contributed by atoms with Gasteiger partial charge in [0.1, 0.15) is 12.4 Å². The first-order valence-electron chi connectivity index (χ1n) is 5.83. The van der Waals surface area contributed by atoms with Crippen LogP contribution in [0.2, 0.25) is 0 Å². The summed E-state index contributed by atoms with van der Waals surface area (Å²) in [7, 11) is 1.72. The summed E-state index contributed by atoms with van der Waals surface area (Å²) in [5.74, 6) is 0.907. The Bertz CT molecular complexity index is 339. The molecule has 3 heteroatoms. The van der Waals surface area contributed by atoms with Crippen LogP contribution >= 0.6 is 0 Å². The van der Waals surface area contributed by atoms with Crippen LogP contribution < -0.4 is 10.1 Å². The van der Waals surface area contributed by atoms with Crippen molar-refractivity contribution < 1.29 is 9.47 Å². The molecule has 1 atom stereocenters. The van der Waals surface area contributed by atoms with Gasteiger partial charge in [0.05, 0.1) is 6.10 Å². The maximum Gasteiger partial charge on any atom is 0.124 e. The highest BCUT2D eigenvalue weighted by Gasteiger charge is 2.03. The molecule has 0 aliphatic carbocycles. The van der Waals surface area contributed by atoms with Crippen LogP contribution in [0.5, 0.6) is 5.75 Å². The Morgan fingerprint density at radius 2 is 2.18 bits per heavy atom. The van der Waals surface area contributed by atoms with Gasteiger partial charge in [0.2, 0.25) is 0 Å². The van der Waals surface area contributed by atoms with Gasteiger partial charge in [0.25, 0.3) is 0 Å². The molecule has 0 amide bonds. The van der Waals surface area contributed by atoms with E-state index in [9.17, 15) is 0 Å².